The second-order valence-corrected chi connectivity index (χ2v) is 3.56. The molecule has 0 saturated heterocycles. The minimum absolute atomic E-state index is 0.154. The van der Waals surface area contributed by atoms with Gasteiger partial charge >= 0.3 is 0 Å². The number of nitrogens with one attached hydrogen (secondary N) is 1. The Labute approximate surface area is 102 Å². The molecule has 4 N–H and O–H groups in total. The third-order valence-electron chi connectivity index (χ3n) is 2.04. The van der Waals surface area contributed by atoms with E-state index in [0.717, 1.165) is 0 Å². The molecule has 0 saturated carbocycles. The Morgan fingerprint density at radius 2 is 1.61 bits per heavy atom. The van der Waals surface area contributed by atoms with Gasteiger partial charge in [-0.25, -0.2) is 0 Å². The van der Waals surface area contributed by atoms with Crippen LogP contribution in [-0.2, 0) is 19.2 Å². The van der Waals surface area contributed by atoms with Crippen LogP contribution in [0.2, 0.25) is 0 Å². The Balaban J connectivity index is 4.36. The van der Waals surface area contributed by atoms with Gasteiger partial charge in [0, 0.05) is 24.8 Å². The molecule has 2 atom stereocenters. The predicted molar refractivity (Wildman–Crippen MR) is 47.5 cm³/mol. The standard InChI is InChI=1S/C9H14N2O7/c10-4(1-2-6(12)13)8(16)11-5(9(17)18)3-7(14)15/h4-5H,1-3,10H2,(H,11,16)(H,12,13)(H,14,15)(H,17,18)/p-2/t4-,5+/m0/s1. The number of rotatable bonds is 8. The van der Waals surface area contributed by atoms with Gasteiger partial charge in [-0.15, -0.1) is 0 Å². The number of quaternary nitrogens is 1. The first-order chi connectivity index (χ1) is 8.23. The number of carbonyl (C=O) groups excluding carboxylic acids is 4. The first-order valence-corrected chi connectivity index (χ1v) is 4.98. The summed E-state index contributed by atoms with van der Waals surface area (Å²) in [5.74, 6) is -5.70. The summed E-state index contributed by atoms with van der Waals surface area (Å²) in [4.78, 5) is 42.2. The highest BCUT2D eigenvalue weighted by Crippen LogP contribution is 1.95. The molecule has 0 spiro atoms. The number of amides is 1. The van der Waals surface area contributed by atoms with Gasteiger partial charge < -0.3 is 40.8 Å². The van der Waals surface area contributed by atoms with E-state index in [-0.39, 0.29) is 6.42 Å². The average molecular weight is 260 g/mol. The van der Waals surface area contributed by atoms with Gasteiger partial charge in [-0.05, 0) is 6.42 Å². The molecular weight excluding hydrogens is 248 g/mol. The molecule has 0 aliphatic carbocycles. The highest BCUT2D eigenvalue weighted by atomic mass is 16.4. The van der Waals surface area contributed by atoms with Crippen molar-refractivity contribution in [1.29, 1.82) is 0 Å². The second kappa shape index (κ2) is 7.22. The molecule has 9 heteroatoms. The van der Waals surface area contributed by atoms with Crippen LogP contribution in [0.1, 0.15) is 19.3 Å². The van der Waals surface area contributed by atoms with Crippen molar-refractivity contribution in [2.75, 3.05) is 0 Å². The van der Waals surface area contributed by atoms with Gasteiger partial charge in [0.05, 0.1) is 12.0 Å². The third-order valence-corrected chi connectivity index (χ3v) is 2.04. The Kier molecular flexibility index (Phi) is 6.35. The average Bonchev–Trinajstić information content (AvgIpc) is 2.23. The van der Waals surface area contributed by atoms with Gasteiger partial charge in [0.15, 0.2) is 6.04 Å². The van der Waals surface area contributed by atoms with Crippen molar-refractivity contribution in [3.05, 3.63) is 0 Å². The molecular formula is C9H12N2O7-2. The fourth-order valence-electron chi connectivity index (χ4n) is 1.07. The van der Waals surface area contributed by atoms with Crippen LogP contribution in [0.25, 0.3) is 0 Å². The van der Waals surface area contributed by atoms with Gasteiger partial charge in [0.2, 0.25) is 0 Å². The van der Waals surface area contributed by atoms with Crippen LogP contribution in [-0.4, -0.2) is 35.9 Å². The SMILES string of the molecule is [NH3+][C@@H](CCC(=O)[O-])C(=O)N[C@H](CC(=O)[O-])C(=O)[O-]. The predicted octanol–water partition coefficient (Wildman–Crippen LogP) is -6.50. The van der Waals surface area contributed by atoms with E-state index in [1.807, 2.05) is 5.32 Å². The number of carbonyl (C=O) groups is 4. The lowest BCUT2D eigenvalue weighted by atomic mass is 10.1. The minimum atomic E-state index is -1.78. The summed E-state index contributed by atoms with van der Waals surface area (Å²) in [6.45, 7) is 0. The number of carboxylic acids is 3. The molecule has 0 aromatic heterocycles. The number of hydrogen-bond acceptors (Lipinski definition) is 7. The van der Waals surface area contributed by atoms with E-state index in [4.69, 9.17) is 0 Å². The smallest absolute Gasteiger partial charge is 0.278 e. The van der Waals surface area contributed by atoms with Gasteiger partial charge in [0.25, 0.3) is 5.91 Å². The second-order valence-electron chi connectivity index (χ2n) is 3.56. The van der Waals surface area contributed by atoms with Crippen LogP contribution in [0.3, 0.4) is 0 Å². The lowest BCUT2D eigenvalue weighted by Gasteiger charge is -2.21. The molecule has 0 heterocycles. The highest BCUT2D eigenvalue weighted by Gasteiger charge is 2.21. The summed E-state index contributed by atoms with van der Waals surface area (Å²) >= 11 is 0. The molecule has 0 radical (unpaired) electrons. The van der Waals surface area contributed by atoms with E-state index in [9.17, 15) is 34.5 Å². The van der Waals surface area contributed by atoms with Crippen molar-refractivity contribution < 1.29 is 40.2 Å². The Morgan fingerprint density at radius 3 is 2.00 bits per heavy atom. The van der Waals surface area contributed by atoms with E-state index < -0.39 is 48.7 Å². The van der Waals surface area contributed by atoms with E-state index >= 15 is 0 Å². The molecule has 0 rings (SSSR count). The van der Waals surface area contributed by atoms with Crippen molar-refractivity contribution >= 4 is 23.8 Å². The largest absolute Gasteiger partial charge is 0.550 e. The normalized spacial score (nSPS) is 13.4. The van der Waals surface area contributed by atoms with Crippen LogP contribution >= 0.6 is 0 Å². The number of aliphatic carboxylic acids is 3. The number of carboxylic acid groups (broad SMARTS) is 3. The van der Waals surface area contributed by atoms with Crippen molar-refractivity contribution in [3.63, 3.8) is 0 Å². The lowest BCUT2D eigenvalue weighted by Crippen LogP contribution is -2.69. The van der Waals surface area contributed by atoms with Crippen LogP contribution in [0, 0.1) is 0 Å². The molecule has 9 nitrogen and oxygen atoms in total. The van der Waals surface area contributed by atoms with E-state index in [0.29, 0.717) is 0 Å². The Morgan fingerprint density at radius 1 is 1.06 bits per heavy atom. The highest BCUT2D eigenvalue weighted by molar-refractivity contribution is 5.87. The first kappa shape index (κ1) is 15.8. The lowest BCUT2D eigenvalue weighted by molar-refractivity contribution is -0.406. The van der Waals surface area contributed by atoms with Crippen molar-refractivity contribution in [2.45, 2.75) is 31.3 Å². The van der Waals surface area contributed by atoms with Crippen LogP contribution in [0.4, 0.5) is 0 Å². The van der Waals surface area contributed by atoms with Gasteiger partial charge in [-0.2, -0.15) is 0 Å². The summed E-state index contributed by atoms with van der Waals surface area (Å²) in [5, 5.41) is 32.8. The Hall–Kier alpha value is -2.16. The summed E-state index contributed by atoms with van der Waals surface area (Å²) in [6, 6.07) is -2.78. The molecule has 102 valence electrons. The van der Waals surface area contributed by atoms with Crippen molar-refractivity contribution in [1.82, 2.24) is 5.32 Å². The first-order valence-electron chi connectivity index (χ1n) is 4.98. The van der Waals surface area contributed by atoms with Crippen molar-refractivity contribution in [2.24, 2.45) is 0 Å². The van der Waals surface area contributed by atoms with E-state index in [1.165, 1.54) is 0 Å². The molecule has 0 aromatic carbocycles. The summed E-state index contributed by atoms with van der Waals surface area (Å²) < 4.78 is 0. The zero-order valence-corrected chi connectivity index (χ0v) is 9.34. The maximum atomic E-state index is 11.4. The maximum absolute atomic E-state index is 11.4. The fourth-order valence-corrected chi connectivity index (χ4v) is 1.07. The zero-order chi connectivity index (χ0) is 14.3. The Bertz CT molecular complexity index is 355. The molecule has 1 amide bonds. The van der Waals surface area contributed by atoms with Gasteiger partial charge in [-0.3, -0.25) is 4.79 Å². The molecule has 0 bridgehead atoms. The maximum Gasteiger partial charge on any atom is 0.278 e. The summed E-state index contributed by atoms with van der Waals surface area (Å²) in [7, 11) is 0. The van der Waals surface area contributed by atoms with Crippen molar-refractivity contribution in [3.8, 4) is 0 Å². The zero-order valence-electron chi connectivity index (χ0n) is 9.34. The minimum Gasteiger partial charge on any atom is -0.550 e. The summed E-state index contributed by atoms with van der Waals surface area (Å²) in [5.41, 5.74) is 3.32. The molecule has 0 aliphatic rings. The quantitative estimate of drug-likeness (QED) is 0.435. The molecule has 0 aromatic rings. The van der Waals surface area contributed by atoms with Gasteiger partial charge in [-0.1, -0.05) is 0 Å². The van der Waals surface area contributed by atoms with Crippen LogP contribution in [0.15, 0.2) is 0 Å². The molecule has 0 unspecified atom stereocenters. The molecule has 0 aliphatic heterocycles. The molecule has 18 heavy (non-hydrogen) atoms. The monoisotopic (exact) mass is 260 g/mol. The summed E-state index contributed by atoms with van der Waals surface area (Å²) in [6.07, 6.45) is -1.52. The number of hydrogen-bond donors (Lipinski definition) is 2. The van der Waals surface area contributed by atoms with Crippen LogP contribution < -0.4 is 26.4 Å². The van der Waals surface area contributed by atoms with E-state index in [1.54, 1.807) is 0 Å². The van der Waals surface area contributed by atoms with E-state index in [2.05, 4.69) is 5.73 Å². The third kappa shape index (κ3) is 6.43. The van der Waals surface area contributed by atoms with Gasteiger partial charge in [0.1, 0.15) is 0 Å². The van der Waals surface area contributed by atoms with Crippen LogP contribution in [0.5, 0.6) is 0 Å². The fraction of sp³-hybridized carbons (Fsp3) is 0.556. The molecule has 0 fully saturated rings. The topological polar surface area (TPSA) is 177 Å².